The number of nitrogens with zero attached hydrogens (tertiary/aromatic N) is 4. The molecule has 1 unspecified atom stereocenters. The molecule has 4 heterocycles. The summed E-state index contributed by atoms with van der Waals surface area (Å²) in [4.78, 5) is 46.6. The molecule has 8 rings (SSSR count). The van der Waals surface area contributed by atoms with Gasteiger partial charge in [0.05, 0.1) is 23.2 Å². The van der Waals surface area contributed by atoms with E-state index in [-0.39, 0.29) is 34.0 Å². The lowest BCUT2D eigenvalue weighted by molar-refractivity contribution is -0.121. The van der Waals surface area contributed by atoms with Crippen molar-refractivity contribution in [3.8, 4) is 0 Å². The zero-order valence-electron chi connectivity index (χ0n) is 23.6. The molecule has 2 amide bonds. The first-order chi connectivity index (χ1) is 22.4. The number of fused-ring (bicyclic) bond motifs is 5. The average molecular weight is 667 g/mol. The number of rotatable bonds is 6. The first-order valence-corrected chi connectivity index (χ1v) is 16.3. The fourth-order valence-corrected chi connectivity index (χ4v) is 8.34. The van der Waals surface area contributed by atoms with E-state index in [2.05, 4.69) is 10.2 Å². The molecule has 12 heteroatoms. The molecule has 1 atom stereocenters. The zero-order chi connectivity index (χ0) is 31.6. The van der Waals surface area contributed by atoms with E-state index in [9.17, 15) is 14.0 Å². The molecule has 2 aromatic heterocycles. The number of carbonyl (C=O) groups excluding carboxylic acids is 2. The van der Waals surface area contributed by atoms with E-state index in [1.165, 1.54) is 22.7 Å². The van der Waals surface area contributed by atoms with E-state index < -0.39 is 28.6 Å². The number of para-hydroxylation sites is 1. The van der Waals surface area contributed by atoms with Crippen LogP contribution in [-0.2, 0) is 22.6 Å². The molecular formula is C34H20ClFN4O4S2. The molecule has 2 aliphatic rings. The van der Waals surface area contributed by atoms with Gasteiger partial charge in [-0.15, -0.1) is 10.2 Å². The number of hydrogen-bond donors (Lipinski definition) is 0. The summed E-state index contributed by atoms with van der Waals surface area (Å²) in [6.45, 7) is 0.179. The van der Waals surface area contributed by atoms with Gasteiger partial charge in [0.2, 0.25) is 10.9 Å². The van der Waals surface area contributed by atoms with Gasteiger partial charge in [-0.05, 0) is 41.5 Å². The summed E-state index contributed by atoms with van der Waals surface area (Å²) in [6.07, 6.45) is 0. The highest BCUT2D eigenvalue weighted by Gasteiger charge is 2.66. The summed E-state index contributed by atoms with van der Waals surface area (Å²) in [7, 11) is 0. The van der Waals surface area contributed by atoms with Crippen molar-refractivity contribution in [2.24, 2.45) is 0 Å². The maximum Gasteiger partial charge on any atom is 0.297 e. The molecule has 0 saturated heterocycles. The number of halogens is 2. The third-order valence-corrected chi connectivity index (χ3v) is 10.6. The lowest BCUT2D eigenvalue weighted by Gasteiger charge is -2.32. The van der Waals surface area contributed by atoms with Gasteiger partial charge in [0.15, 0.2) is 15.3 Å². The Bertz CT molecular complexity index is 2280. The summed E-state index contributed by atoms with van der Waals surface area (Å²) in [5.74, 6) is -1.70. The van der Waals surface area contributed by atoms with E-state index in [4.69, 9.17) is 16.0 Å². The molecule has 0 bridgehead atoms. The Morgan fingerprint density at radius 1 is 0.913 bits per heavy atom. The molecule has 46 heavy (non-hydrogen) atoms. The van der Waals surface area contributed by atoms with Gasteiger partial charge in [0.1, 0.15) is 11.4 Å². The lowest BCUT2D eigenvalue weighted by Crippen LogP contribution is -2.53. The van der Waals surface area contributed by atoms with Crippen LogP contribution in [0.2, 0.25) is 5.02 Å². The summed E-state index contributed by atoms with van der Waals surface area (Å²) in [5.41, 5.74) is -0.104. The molecule has 6 aromatic rings. The van der Waals surface area contributed by atoms with Gasteiger partial charge in [-0.3, -0.25) is 19.3 Å². The Hall–Kier alpha value is -4.84. The van der Waals surface area contributed by atoms with Gasteiger partial charge in [-0.1, -0.05) is 101 Å². The number of aromatic nitrogens is 2. The minimum atomic E-state index is -1.97. The molecular weight excluding hydrogens is 647 g/mol. The van der Waals surface area contributed by atoms with Crippen LogP contribution < -0.4 is 15.2 Å². The minimum Gasteiger partial charge on any atom is -0.450 e. The fourth-order valence-electron chi connectivity index (χ4n) is 6.16. The Morgan fingerprint density at radius 3 is 2.50 bits per heavy atom. The molecule has 0 N–H and O–H groups in total. The Balaban J connectivity index is 1.33. The topological polar surface area (TPSA) is 96.6 Å². The third kappa shape index (κ3) is 4.23. The van der Waals surface area contributed by atoms with Gasteiger partial charge in [0.25, 0.3) is 11.8 Å². The highest BCUT2D eigenvalue weighted by molar-refractivity contribution is 8.00. The van der Waals surface area contributed by atoms with Crippen LogP contribution in [0.15, 0.2) is 111 Å². The fraction of sp³-hybridized carbons (Fsp3) is 0.0882. The Kier molecular flexibility index (Phi) is 6.78. The van der Waals surface area contributed by atoms with Crippen molar-refractivity contribution in [1.82, 2.24) is 10.2 Å². The summed E-state index contributed by atoms with van der Waals surface area (Å²) in [5, 5.41) is 9.33. The van der Waals surface area contributed by atoms with Crippen molar-refractivity contribution in [2.75, 3.05) is 9.80 Å². The summed E-state index contributed by atoms with van der Waals surface area (Å²) in [6, 6.07) is 27.4. The molecule has 1 spiro atoms. The van der Waals surface area contributed by atoms with Crippen LogP contribution in [0.1, 0.15) is 32.8 Å². The van der Waals surface area contributed by atoms with Gasteiger partial charge in [0, 0.05) is 16.3 Å². The van der Waals surface area contributed by atoms with Crippen LogP contribution >= 0.6 is 34.7 Å². The molecule has 4 aromatic carbocycles. The minimum absolute atomic E-state index is 0.0311. The first kappa shape index (κ1) is 28.6. The molecule has 0 radical (unpaired) electrons. The monoisotopic (exact) mass is 666 g/mol. The largest absolute Gasteiger partial charge is 0.450 e. The quantitative estimate of drug-likeness (QED) is 0.137. The second-order valence-electron chi connectivity index (χ2n) is 10.8. The first-order valence-electron chi connectivity index (χ1n) is 14.1. The maximum atomic E-state index is 15.0. The van der Waals surface area contributed by atoms with Crippen molar-refractivity contribution in [3.63, 3.8) is 0 Å². The van der Waals surface area contributed by atoms with E-state index in [1.807, 2.05) is 48.5 Å². The maximum absolute atomic E-state index is 15.0. The van der Waals surface area contributed by atoms with Gasteiger partial charge in [-0.2, -0.15) is 0 Å². The number of amides is 2. The van der Waals surface area contributed by atoms with Crippen LogP contribution in [0.5, 0.6) is 0 Å². The van der Waals surface area contributed by atoms with Crippen molar-refractivity contribution >= 4 is 68.3 Å². The number of carbonyl (C=O) groups is 2. The second kappa shape index (κ2) is 10.9. The van der Waals surface area contributed by atoms with Gasteiger partial charge < -0.3 is 9.32 Å². The molecule has 0 aliphatic carbocycles. The number of hydrogen-bond acceptors (Lipinski definition) is 8. The van der Waals surface area contributed by atoms with Crippen molar-refractivity contribution < 1.29 is 18.4 Å². The molecule has 226 valence electrons. The van der Waals surface area contributed by atoms with Crippen molar-refractivity contribution in [1.29, 1.82) is 0 Å². The summed E-state index contributed by atoms with van der Waals surface area (Å²) < 4.78 is 21.0. The van der Waals surface area contributed by atoms with Crippen LogP contribution in [0.3, 0.4) is 0 Å². The van der Waals surface area contributed by atoms with E-state index in [0.717, 1.165) is 34.6 Å². The van der Waals surface area contributed by atoms with Crippen molar-refractivity contribution in [3.05, 3.63) is 146 Å². The van der Waals surface area contributed by atoms with Crippen LogP contribution in [0.25, 0.3) is 11.0 Å². The SMILES string of the molecule is O=C1c2oc3ccc(F)cc3c(=O)c2C2(C(=O)N(Cc3ccccc3)c3ccccc32)N1c1nnc(SCc2ccccc2Cl)s1. The predicted octanol–water partition coefficient (Wildman–Crippen LogP) is 7.18. The third-order valence-electron chi connectivity index (χ3n) is 8.17. The van der Waals surface area contributed by atoms with Crippen LogP contribution in [0.4, 0.5) is 15.2 Å². The van der Waals surface area contributed by atoms with Gasteiger partial charge in [-0.25, -0.2) is 4.39 Å². The standard InChI is InChI=1S/C34H20ClFN4O4S2/c35-24-12-6-4-10-20(24)18-45-33-38-37-32(46-33)40-30(42)29-27(28(41)22-16-21(36)14-15-26(22)44-29)34(40)23-11-5-7-13-25(23)39(31(34)43)17-19-8-2-1-3-9-19/h1-16H,17-18H2. The second-order valence-corrected chi connectivity index (χ2v) is 13.3. The van der Waals surface area contributed by atoms with E-state index in [1.54, 1.807) is 35.2 Å². The van der Waals surface area contributed by atoms with E-state index in [0.29, 0.717) is 26.4 Å². The Morgan fingerprint density at radius 2 is 1.67 bits per heavy atom. The number of benzene rings is 4. The van der Waals surface area contributed by atoms with Gasteiger partial charge >= 0.3 is 0 Å². The Labute approximate surface area is 274 Å². The predicted molar refractivity (Wildman–Crippen MR) is 175 cm³/mol. The molecule has 0 saturated carbocycles. The number of thioether (sulfide) groups is 1. The average Bonchev–Trinajstić information content (AvgIpc) is 3.71. The van der Waals surface area contributed by atoms with E-state index >= 15 is 4.79 Å². The highest BCUT2D eigenvalue weighted by atomic mass is 35.5. The lowest BCUT2D eigenvalue weighted by atomic mass is 9.84. The normalized spacial score (nSPS) is 16.9. The smallest absolute Gasteiger partial charge is 0.297 e. The molecule has 8 nitrogen and oxygen atoms in total. The van der Waals surface area contributed by atoms with Crippen molar-refractivity contribution in [2.45, 2.75) is 22.2 Å². The van der Waals surface area contributed by atoms with Crippen LogP contribution in [0, 0.1) is 5.82 Å². The number of anilines is 2. The summed E-state index contributed by atoms with van der Waals surface area (Å²) >= 11 is 8.84. The molecule has 2 aliphatic heterocycles. The molecule has 0 fully saturated rings. The highest BCUT2D eigenvalue weighted by Crippen LogP contribution is 2.55. The van der Waals surface area contributed by atoms with Crippen LogP contribution in [-0.4, -0.2) is 22.0 Å². The zero-order valence-corrected chi connectivity index (χ0v) is 26.0.